The smallest absolute Gasteiger partial charge is 0.0686 e. The van der Waals surface area contributed by atoms with E-state index in [0.29, 0.717) is 0 Å². The summed E-state index contributed by atoms with van der Waals surface area (Å²) in [5, 5.41) is 6.22. The van der Waals surface area contributed by atoms with Gasteiger partial charge in [-0.05, 0) is 58.5 Å². The maximum atomic E-state index is 6.35. The molecule has 1 unspecified atom stereocenters. The summed E-state index contributed by atoms with van der Waals surface area (Å²) in [6, 6.07) is 8.32. The molecule has 1 atom stereocenters. The molecule has 4 heteroatoms. The van der Waals surface area contributed by atoms with Gasteiger partial charge in [0, 0.05) is 9.35 Å². The molecule has 1 nitrogen and oxygen atoms in total. The van der Waals surface area contributed by atoms with Gasteiger partial charge in [0.1, 0.15) is 0 Å². The molecule has 90 valence electrons. The lowest BCUT2D eigenvalue weighted by Crippen LogP contribution is -2.17. The van der Waals surface area contributed by atoms with Crippen LogP contribution < -0.4 is 5.32 Å². The molecule has 1 aromatic heterocycles. The summed E-state index contributed by atoms with van der Waals surface area (Å²) in [5.41, 5.74) is 2.40. The second-order valence-corrected chi connectivity index (χ2v) is 6.01. The van der Waals surface area contributed by atoms with Crippen LogP contribution in [0.5, 0.6) is 0 Å². The average molecular weight is 331 g/mol. The Balaban J connectivity index is 2.50. The largest absolute Gasteiger partial charge is 0.309 e. The number of rotatable bonds is 3. The van der Waals surface area contributed by atoms with Crippen LogP contribution in [0, 0.1) is 6.92 Å². The molecule has 0 aliphatic rings. The third kappa shape index (κ3) is 2.58. The van der Waals surface area contributed by atoms with Crippen LogP contribution in [0.1, 0.15) is 22.0 Å². The fourth-order valence-electron chi connectivity index (χ4n) is 1.85. The van der Waals surface area contributed by atoms with E-state index in [-0.39, 0.29) is 6.04 Å². The van der Waals surface area contributed by atoms with Crippen molar-refractivity contribution >= 4 is 38.9 Å². The number of nitrogens with one attached hydrogen (secondary N) is 1. The highest BCUT2D eigenvalue weighted by Crippen LogP contribution is 2.36. The van der Waals surface area contributed by atoms with Crippen LogP contribution in [0.25, 0.3) is 0 Å². The Morgan fingerprint density at radius 1 is 1.35 bits per heavy atom. The minimum Gasteiger partial charge on any atom is -0.309 e. The summed E-state index contributed by atoms with van der Waals surface area (Å²) < 4.78 is 0.936. The predicted molar refractivity (Wildman–Crippen MR) is 79.1 cm³/mol. The van der Waals surface area contributed by atoms with Crippen LogP contribution in [0.15, 0.2) is 34.1 Å². The van der Waals surface area contributed by atoms with E-state index in [1.165, 1.54) is 10.4 Å². The minimum absolute atomic E-state index is 0.153. The Hall–Kier alpha value is -0.350. The highest BCUT2D eigenvalue weighted by atomic mass is 79.9. The van der Waals surface area contributed by atoms with Gasteiger partial charge in [0.2, 0.25) is 0 Å². The second-order valence-electron chi connectivity index (χ2n) is 3.83. The first-order valence-corrected chi connectivity index (χ1v) is 7.35. The Kier molecular flexibility index (Phi) is 4.26. The van der Waals surface area contributed by atoms with Gasteiger partial charge in [-0.25, -0.2) is 0 Å². The molecule has 0 spiro atoms. The van der Waals surface area contributed by atoms with Gasteiger partial charge in [0.25, 0.3) is 0 Å². The third-order valence-corrected chi connectivity index (χ3v) is 5.14. The van der Waals surface area contributed by atoms with Crippen molar-refractivity contribution in [1.82, 2.24) is 5.32 Å². The molecule has 2 rings (SSSR count). The summed E-state index contributed by atoms with van der Waals surface area (Å²) in [5.74, 6) is 0. The van der Waals surface area contributed by atoms with Crippen molar-refractivity contribution in [3.63, 3.8) is 0 Å². The maximum absolute atomic E-state index is 6.35. The van der Waals surface area contributed by atoms with Gasteiger partial charge in [-0.1, -0.05) is 23.7 Å². The van der Waals surface area contributed by atoms with Crippen molar-refractivity contribution in [3.8, 4) is 0 Å². The molecular weight excluding hydrogens is 318 g/mol. The molecule has 1 heterocycles. The van der Waals surface area contributed by atoms with Crippen molar-refractivity contribution in [1.29, 1.82) is 0 Å². The molecule has 1 aromatic carbocycles. The van der Waals surface area contributed by atoms with Crippen molar-refractivity contribution in [2.75, 3.05) is 7.05 Å². The van der Waals surface area contributed by atoms with E-state index in [4.69, 9.17) is 11.6 Å². The summed E-state index contributed by atoms with van der Waals surface area (Å²) in [6.45, 7) is 2.13. The minimum atomic E-state index is 0.153. The van der Waals surface area contributed by atoms with Crippen LogP contribution in [-0.4, -0.2) is 7.05 Å². The first-order chi connectivity index (χ1) is 8.15. The Labute approximate surface area is 119 Å². The quantitative estimate of drug-likeness (QED) is 0.854. The van der Waals surface area contributed by atoms with E-state index in [0.717, 1.165) is 15.1 Å². The summed E-state index contributed by atoms with van der Waals surface area (Å²) in [7, 11) is 1.96. The van der Waals surface area contributed by atoms with Crippen molar-refractivity contribution in [2.24, 2.45) is 0 Å². The lowest BCUT2D eigenvalue weighted by atomic mass is 10.0. The van der Waals surface area contributed by atoms with Gasteiger partial charge in [-0.3, -0.25) is 0 Å². The predicted octanol–water partition coefficient (Wildman–Crippen LogP) is 4.78. The third-order valence-electron chi connectivity index (χ3n) is 2.75. The molecule has 17 heavy (non-hydrogen) atoms. The van der Waals surface area contributed by atoms with Gasteiger partial charge in [0.05, 0.1) is 11.1 Å². The van der Waals surface area contributed by atoms with Gasteiger partial charge < -0.3 is 5.32 Å². The van der Waals surface area contributed by atoms with E-state index in [9.17, 15) is 0 Å². The standard InChI is InChI=1S/C13H13BrClNS/c1-8-6-7-17-13(8)12(16-2)9-4-3-5-10(14)11(9)15/h3-7,12,16H,1-2H3. The van der Waals surface area contributed by atoms with Gasteiger partial charge in [-0.2, -0.15) is 0 Å². The van der Waals surface area contributed by atoms with E-state index in [1.807, 2.05) is 19.2 Å². The maximum Gasteiger partial charge on any atom is 0.0686 e. The molecule has 0 amide bonds. The number of aryl methyl sites for hydroxylation is 1. The fourth-order valence-corrected chi connectivity index (χ4v) is 3.52. The van der Waals surface area contributed by atoms with Gasteiger partial charge >= 0.3 is 0 Å². The van der Waals surface area contributed by atoms with Crippen LogP contribution in [0.4, 0.5) is 0 Å². The highest BCUT2D eigenvalue weighted by Gasteiger charge is 2.19. The average Bonchev–Trinajstić information content (AvgIpc) is 2.72. The van der Waals surface area contributed by atoms with Crippen LogP contribution in [0.3, 0.4) is 0 Å². The van der Waals surface area contributed by atoms with Crippen LogP contribution in [-0.2, 0) is 0 Å². The lowest BCUT2D eigenvalue weighted by Gasteiger charge is -2.18. The van der Waals surface area contributed by atoms with Crippen molar-refractivity contribution in [3.05, 3.63) is 55.1 Å². The molecule has 2 aromatic rings. The molecular formula is C13H13BrClNS. The second kappa shape index (κ2) is 5.53. The SMILES string of the molecule is CNC(c1cccc(Br)c1Cl)c1sccc1C. The fraction of sp³-hybridized carbons (Fsp3) is 0.231. The Morgan fingerprint density at radius 2 is 2.12 bits per heavy atom. The van der Waals surface area contributed by atoms with Crippen LogP contribution >= 0.6 is 38.9 Å². The first-order valence-electron chi connectivity index (χ1n) is 5.30. The number of halogens is 2. The monoisotopic (exact) mass is 329 g/mol. The lowest BCUT2D eigenvalue weighted by molar-refractivity contribution is 0.700. The van der Waals surface area contributed by atoms with E-state index >= 15 is 0 Å². The molecule has 1 N–H and O–H groups in total. The topological polar surface area (TPSA) is 12.0 Å². The Bertz CT molecular complexity index is 524. The molecule has 0 saturated heterocycles. The van der Waals surface area contributed by atoms with Gasteiger partial charge in [0.15, 0.2) is 0 Å². The summed E-state index contributed by atoms with van der Waals surface area (Å²) in [4.78, 5) is 1.31. The van der Waals surface area contributed by atoms with E-state index < -0.39 is 0 Å². The first kappa shape index (κ1) is 13.1. The summed E-state index contributed by atoms with van der Waals surface area (Å²) in [6.07, 6.45) is 0. The molecule has 0 saturated carbocycles. The number of hydrogen-bond acceptors (Lipinski definition) is 2. The zero-order valence-corrected chi connectivity index (χ0v) is 12.8. The van der Waals surface area contributed by atoms with Gasteiger partial charge in [-0.15, -0.1) is 11.3 Å². The summed E-state index contributed by atoms with van der Waals surface area (Å²) >= 11 is 11.6. The zero-order chi connectivity index (χ0) is 12.4. The molecule has 0 radical (unpaired) electrons. The van der Waals surface area contributed by atoms with E-state index in [1.54, 1.807) is 11.3 Å². The molecule has 0 bridgehead atoms. The zero-order valence-electron chi connectivity index (χ0n) is 9.63. The number of thiophene rings is 1. The Morgan fingerprint density at radius 3 is 2.71 bits per heavy atom. The van der Waals surface area contributed by atoms with E-state index in [2.05, 4.69) is 45.7 Å². The van der Waals surface area contributed by atoms with Crippen molar-refractivity contribution in [2.45, 2.75) is 13.0 Å². The molecule has 0 aliphatic heterocycles. The normalized spacial score (nSPS) is 12.7. The van der Waals surface area contributed by atoms with Crippen molar-refractivity contribution < 1.29 is 0 Å². The van der Waals surface area contributed by atoms with Crippen LogP contribution in [0.2, 0.25) is 5.02 Å². The number of benzene rings is 1. The molecule has 0 fully saturated rings. The number of hydrogen-bond donors (Lipinski definition) is 1. The molecule has 0 aliphatic carbocycles. The highest BCUT2D eigenvalue weighted by molar-refractivity contribution is 9.10.